The fourth-order valence-corrected chi connectivity index (χ4v) is 8.25. The molecule has 6 aliphatic rings. The van der Waals surface area contributed by atoms with Gasteiger partial charge in [-0.2, -0.15) is 0 Å². The third-order valence-corrected chi connectivity index (χ3v) is 9.15. The Morgan fingerprint density at radius 2 is 1.77 bits per heavy atom. The molecule has 2 spiro atoms. The summed E-state index contributed by atoms with van der Waals surface area (Å²) in [4.78, 5) is 25.9. The molecule has 0 radical (unpaired) electrons. The number of ether oxygens (including phenoxy) is 4. The minimum atomic E-state index is -2.15. The Balaban J connectivity index is 1.71. The molecule has 0 aromatic carbocycles. The first kappa shape index (κ1) is 19.4. The Morgan fingerprint density at radius 1 is 1.10 bits per heavy atom. The number of hydrogen-bond donors (Lipinski definition) is 4. The van der Waals surface area contributed by atoms with Crippen LogP contribution in [-0.4, -0.2) is 80.6 Å². The van der Waals surface area contributed by atoms with Crippen molar-refractivity contribution in [2.75, 3.05) is 0 Å². The van der Waals surface area contributed by atoms with Gasteiger partial charge in [-0.1, -0.05) is 27.7 Å². The van der Waals surface area contributed by atoms with Crippen LogP contribution in [-0.2, 0) is 28.5 Å². The quantitative estimate of drug-likeness (QED) is 0.334. The zero-order valence-electron chi connectivity index (χ0n) is 17.1. The van der Waals surface area contributed by atoms with Crippen LogP contribution in [0.3, 0.4) is 0 Å². The van der Waals surface area contributed by atoms with E-state index >= 15 is 0 Å². The molecule has 4 heterocycles. The molecular weight excluding hydrogens is 400 g/mol. The first-order valence-electron chi connectivity index (χ1n) is 10.4. The van der Waals surface area contributed by atoms with Gasteiger partial charge in [0.25, 0.3) is 0 Å². The van der Waals surface area contributed by atoms with Crippen LogP contribution in [0, 0.1) is 28.1 Å². The van der Waals surface area contributed by atoms with Gasteiger partial charge in [0.05, 0.1) is 16.9 Å². The Morgan fingerprint density at radius 3 is 2.40 bits per heavy atom. The van der Waals surface area contributed by atoms with Crippen LogP contribution in [0.5, 0.6) is 0 Å². The molecule has 10 heteroatoms. The molecule has 10 nitrogen and oxygen atoms in total. The molecule has 6 rings (SSSR count). The van der Waals surface area contributed by atoms with Crippen LogP contribution in [0.2, 0.25) is 0 Å². The number of aliphatic hydroxyl groups excluding tert-OH is 3. The third-order valence-electron chi connectivity index (χ3n) is 9.15. The van der Waals surface area contributed by atoms with E-state index in [2.05, 4.69) is 0 Å². The SMILES string of the molecule is C[C@@H]1C(O)O[C@H]2[C@H](O)[C@@]34[C@H]5C[C@@H](C(C)(C)C)[C@]36[C@@H](OC(=O)[C@@H]6O)O[C@]4(C(=O)O5)[C@@]12O. The van der Waals surface area contributed by atoms with Crippen molar-refractivity contribution in [3.05, 3.63) is 0 Å². The second-order valence-corrected chi connectivity index (χ2v) is 10.8. The lowest BCUT2D eigenvalue weighted by Crippen LogP contribution is -2.67. The van der Waals surface area contributed by atoms with E-state index in [-0.39, 0.29) is 6.42 Å². The van der Waals surface area contributed by atoms with Gasteiger partial charge in [0.1, 0.15) is 17.8 Å². The van der Waals surface area contributed by atoms with E-state index in [0.29, 0.717) is 0 Å². The van der Waals surface area contributed by atoms with Gasteiger partial charge in [-0.15, -0.1) is 0 Å². The largest absolute Gasteiger partial charge is 0.459 e. The van der Waals surface area contributed by atoms with Crippen molar-refractivity contribution in [3.8, 4) is 0 Å². The van der Waals surface area contributed by atoms with Crippen molar-refractivity contribution in [1.29, 1.82) is 0 Å². The molecule has 1 unspecified atom stereocenters. The summed E-state index contributed by atoms with van der Waals surface area (Å²) in [5, 5.41) is 45.1. The predicted octanol–water partition coefficient (Wildman–Crippen LogP) is -1.58. The Bertz CT molecular complexity index is 883. The van der Waals surface area contributed by atoms with E-state index in [1.807, 2.05) is 20.8 Å². The van der Waals surface area contributed by atoms with Crippen LogP contribution in [0.1, 0.15) is 34.1 Å². The van der Waals surface area contributed by atoms with E-state index in [4.69, 9.17) is 18.9 Å². The minimum Gasteiger partial charge on any atom is -0.459 e. The molecule has 0 aromatic heterocycles. The molecule has 12 atom stereocenters. The van der Waals surface area contributed by atoms with Crippen molar-refractivity contribution in [1.82, 2.24) is 0 Å². The van der Waals surface area contributed by atoms with Gasteiger partial charge in [0.15, 0.2) is 12.4 Å². The lowest BCUT2D eigenvalue weighted by molar-refractivity contribution is -0.239. The molecule has 0 aromatic rings. The second kappa shape index (κ2) is 4.87. The first-order chi connectivity index (χ1) is 13.8. The Kier molecular flexibility index (Phi) is 3.15. The number of carbonyl (C=O) groups excluding carboxylic acids is 2. The van der Waals surface area contributed by atoms with Crippen LogP contribution in [0.15, 0.2) is 0 Å². The van der Waals surface area contributed by atoms with Crippen LogP contribution in [0.25, 0.3) is 0 Å². The van der Waals surface area contributed by atoms with E-state index < -0.39 is 88.2 Å². The number of rotatable bonds is 0. The Labute approximate surface area is 172 Å². The van der Waals surface area contributed by atoms with Gasteiger partial charge in [-0.05, 0) is 17.8 Å². The van der Waals surface area contributed by atoms with E-state index in [1.165, 1.54) is 6.92 Å². The van der Waals surface area contributed by atoms with E-state index in [1.54, 1.807) is 0 Å². The number of aliphatic hydroxyl groups is 4. The van der Waals surface area contributed by atoms with Crippen molar-refractivity contribution < 1.29 is 49.0 Å². The van der Waals surface area contributed by atoms with Crippen molar-refractivity contribution >= 4 is 11.9 Å². The summed E-state index contributed by atoms with van der Waals surface area (Å²) in [6.45, 7) is 7.28. The fourth-order valence-electron chi connectivity index (χ4n) is 8.25. The van der Waals surface area contributed by atoms with E-state index in [9.17, 15) is 30.0 Å². The second-order valence-electron chi connectivity index (χ2n) is 10.8. The van der Waals surface area contributed by atoms with Gasteiger partial charge < -0.3 is 39.4 Å². The highest BCUT2D eigenvalue weighted by molar-refractivity contribution is 5.91. The molecule has 2 saturated carbocycles. The van der Waals surface area contributed by atoms with Gasteiger partial charge in [0.2, 0.25) is 11.9 Å². The summed E-state index contributed by atoms with van der Waals surface area (Å²) in [5.74, 6) is -3.26. The zero-order chi connectivity index (χ0) is 21.8. The summed E-state index contributed by atoms with van der Waals surface area (Å²) in [6, 6.07) is 0. The molecule has 0 amide bonds. The monoisotopic (exact) mass is 426 g/mol. The molecule has 166 valence electrons. The average molecular weight is 426 g/mol. The number of esters is 2. The summed E-state index contributed by atoms with van der Waals surface area (Å²) in [7, 11) is 0. The molecule has 0 bridgehead atoms. The predicted molar refractivity (Wildman–Crippen MR) is 93.0 cm³/mol. The standard InChI is InChI=1S/C20H26O10/c1-6-12(23)28-11-9(21)18-8-5-7(16(2,3)4)17(18)10(22)13(24)29-15(17)30-20(18,14(25)27-8)19(6,11)26/h6-12,15,21-23,26H,5H2,1-4H3/t6-,7+,8-,9+,10+,11+,12?,15+,17+,18+,19-,20+/m1/s1. The Hall–Kier alpha value is -1.30. The van der Waals surface area contributed by atoms with Crippen LogP contribution in [0.4, 0.5) is 0 Å². The van der Waals surface area contributed by atoms with Crippen molar-refractivity contribution in [2.45, 2.75) is 82.3 Å². The van der Waals surface area contributed by atoms with Gasteiger partial charge in [0, 0.05) is 5.92 Å². The number of hydrogen-bond acceptors (Lipinski definition) is 10. The molecule has 4 aliphatic heterocycles. The summed E-state index contributed by atoms with van der Waals surface area (Å²) < 4.78 is 22.8. The van der Waals surface area contributed by atoms with Crippen molar-refractivity contribution in [3.63, 3.8) is 0 Å². The summed E-state index contributed by atoms with van der Waals surface area (Å²) in [5.41, 5.74) is -8.01. The highest BCUT2D eigenvalue weighted by atomic mass is 16.8. The lowest BCUT2D eigenvalue weighted by atomic mass is 9.51. The molecule has 6 fully saturated rings. The molecule has 30 heavy (non-hydrogen) atoms. The molecule has 2 aliphatic carbocycles. The maximum Gasteiger partial charge on any atom is 0.342 e. The average Bonchev–Trinajstić information content (AvgIpc) is 3.35. The lowest BCUT2D eigenvalue weighted by Gasteiger charge is -2.47. The van der Waals surface area contributed by atoms with Gasteiger partial charge >= 0.3 is 11.9 Å². The first-order valence-corrected chi connectivity index (χ1v) is 10.4. The highest BCUT2D eigenvalue weighted by Gasteiger charge is 3.03. The van der Waals surface area contributed by atoms with Gasteiger partial charge in [-0.3, -0.25) is 0 Å². The van der Waals surface area contributed by atoms with Crippen molar-refractivity contribution in [2.24, 2.45) is 28.1 Å². The minimum absolute atomic E-state index is 0.251. The summed E-state index contributed by atoms with van der Waals surface area (Å²) in [6.07, 6.45) is -8.09. The maximum absolute atomic E-state index is 13.4. The highest BCUT2D eigenvalue weighted by Crippen LogP contribution is 2.84. The van der Waals surface area contributed by atoms with Crippen LogP contribution < -0.4 is 0 Å². The van der Waals surface area contributed by atoms with Crippen LogP contribution >= 0.6 is 0 Å². The molecular formula is C20H26O10. The fraction of sp³-hybridized carbons (Fsp3) is 0.900. The molecule has 4 N–H and O–H groups in total. The maximum atomic E-state index is 13.4. The normalized spacial score (nSPS) is 62.8. The molecule has 4 saturated heterocycles. The van der Waals surface area contributed by atoms with Gasteiger partial charge in [-0.25, -0.2) is 9.59 Å². The topological polar surface area (TPSA) is 152 Å². The summed E-state index contributed by atoms with van der Waals surface area (Å²) >= 11 is 0. The van der Waals surface area contributed by atoms with E-state index in [0.717, 1.165) is 0 Å². The number of fused-ring (bicyclic) bond motifs is 1. The number of carbonyl (C=O) groups is 2. The smallest absolute Gasteiger partial charge is 0.342 e. The zero-order valence-corrected chi connectivity index (χ0v) is 17.1. The third kappa shape index (κ3) is 1.39.